The van der Waals surface area contributed by atoms with Crippen molar-refractivity contribution in [1.82, 2.24) is 0 Å². The number of carbonyl (C=O) groups excluding carboxylic acids is 2. The van der Waals surface area contributed by atoms with Crippen molar-refractivity contribution in [2.24, 2.45) is 0 Å². The van der Waals surface area contributed by atoms with Gasteiger partial charge in [0.1, 0.15) is 5.82 Å². The fraction of sp³-hybridized carbons (Fsp3) is 0.263. The van der Waals surface area contributed by atoms with E-state index < -0.39 is 23.8 Å². The number of rotatable bonds is 5. The van der Waals surface area contributed by atoms with Crippen molar-refractivity contribution >= 4 is 17.6 Å². The normalized spacial score (nSPS) is 11.9. The third kappa shape index (κ3) is 4.41. The minimum absolute atomic E-state index is 0.196. The molecule has 1 N–H and O–H groups in total. The summed E-state index contributed by atoms with van der Waals surface area (Å²) in [5.74, 6) is -1.63. The fourth-order valence-electron chi connectivity index (χ4n) is 2.10. The van der Waals surface area contributed by atoms with Crippen molar-refractivity contribution in [2.45, 2.75) is 32.8 Å². The first-order chi connectivity index (χ1) is 11.4. The maximum atomic E-state index is 13.5. The van der Waals surface area contributed by atoms with E-state index in [9.17, 15) is 14.0 Å². The van der Waals surface area contributed by atoms with Crippen LogP contribution in [0.15, 0.2) is 48.5 Å². The molecule has 0 unspecified atom stereocenters. The first-order valence-corrected chi connectivity index (χ1v) is 7.75. The van der Waals surface area contributed by atoms with Crippen LogP contribution in [0.2, 0.25) is 0 Å². The van der Waals surface area contributed by atoms with Crippen LogP contribution in [0.25, 0.3) is 0 Å². The van der Waals surface area contributed by atoms with E-state index in [0.29, 0.717) is 11.6 Å². The largest absolute Gasteiger partial charge is 0.449 e. The highest BCUT2D eigenvalue weighted by Gasteiger charge is 2.21. The van der Waals surface area contributed by atoms with E-state index in [1.165, 1.54) is 25.1 Å². The molecule has 1 atom stereocenters. The van der Waals surface area contributed by atoms with Crippen LogP contribution < -0.4 is 5.32 Å². The summed E-state index contributed by atoms with van der Waals surface area (Å²) in [4.78, 5) is 24.0. The number of carbonyl (C=O) groups is 2. The number of hydrogen-bond donors (Lipinski definition) is 1. The van der Waals surface area contributed by atoms with Crippen LogP contribution in [0.1, 0.15) is 42.6 Å². The zero-order valence-electron chi connectivity index (χ0n) is 13.9. The molecule has 0 radical (unpaired) electrons. The van der Waals surface area contributed by atoms with Crippen LogP contribution in [0.3, 0.4) is 0 Å². The second-order valence-corrected chi connectivity index (χ2v) is 5.79. The molecule has 4 nitrogen and oxygen atoms in total. The Hall–Kier alpha value is -2.69. The number of hydrogen-bond acceptors (Lipinski definition) is 3. The van der Waals surface area contributed by atoms with E-state index in [1.54, 1.807) is 12.1 Å². The molecule has 5 heteroatoms. The molecule has 2 aromatic rings. The number of benzene rings is 2. The van der Waals surface area contributed by atoms with Gasteiger partial charge in [0.2, 0.25) is 0 Å². The molecular weight excluding hydrogens is 309 g/mol. The highest BCUT2D eigenvalue weighted by Crippen LogP contribution is 2.17. The Kier molecular flexibility index (Phi) is 5.68. The molecule has 0 aliphatic heterocycles. The van der Waals surface area contributed by atoms with Gasteiger partial charge < -0.3 is 10.1 Å². The highest BCUT2D eigenvalue weighted by molar-refractivity contribution is 5.97. The third-order valence-corrected chi connectivity index (χ3v) is 3.59. The van der Waals surface area contributed by atoms with Crippen molar-refractivity contribution in [1.29, 1.82) is 0 Å². The van der Waals surface area contributed by atoms with E-state index in [0.717, 1.165) is 11.6 Å². The van der Waals surface area contributed by atoms with E-state index in [4.69, 9.17) is 4.74 Å². The molecule has 0 saturated heterocycles. The zero-order chi connectivity index (χ0) is 17.7. The second kappa shape index (κ2) is 7.73. The quantitative estimate of drug-likeness (QED) is 0.839. The molecule has 24 heavy (non-hydrogen) atoms. The van der Waals surface area contributed by atoms with Gasteiger partial charge in [-0.25, -0.2) is 9.18 Å². The highest BCUT2D eigenvalue weighted by atomic mass is 19.1. The fourth-order valence-corrected chi connectivity index (χ4v) is 2.10. The Balaban J connectivity index is 1.97. The van der Waals surface area contributed by atoms with Crippen molar-refractivity contribution in [2.75, 3.05) is 5.32 Å². The van der Waals surface area contributed by atoms with Crippen LogP contribution >= 0.6 is 0 Å². The van der Waals surface area contributed by atoms with Gasteiger partial charge in [0.15, 0.2) is 6.10 Å². The molecule has 2 aromatic carbocycles. The summed E-state index contributed by atoms with van der Waals surface area (Å²) < 4.78 is 18.6. The van der Waals surface area contributed by atoms with E-state index in [1.807, 2.05) is 12.1 Å². The molecule has 0 spiro atoms. The first kappa shape index (κ1) is 17.7. The molecule has 0 aliphatic rings. The van der Waals surface area contributed by atoms with E-state index in [-0.39, 0.29) is 5.56 Å². The Bertz CT molecular complexity index is 726. The Morgan fingerprint density at radius 1 is 1.00 bits per heavy atom. The van der Waals surface area contributed by atoms with Crippen LogP contribution in [0.5, 0.6) is 0 Å². The molecule has 2 rings (SSSR count). The average molecular weight is 329 g/mol. The minimum Gasteiger partial charge on any atom is -0.449 e. The number of ether oxygens (including phenoxy) is 1. The van der Waals surface area contributed by atoms with Crippen LogP contribution in [-0.2, 0) is 9.53 Å². The van der Waals surface area contributed by atoms with Gasteiger partial charge in [0.05, 0.1) is 5.56 Å². The molecule has 0 heterocycles. The second-order valence-electron chi connectivity index (χ2n) is 5.79. The molecule has 1 amide bonds. The van der Waals surface area contributed by atoms with Gasteiger partial charge in [0, 0.05) is 5.69 Å². The SMILES string of the molecule is CC(C)c1ccc(NC(=O)[C@@H](C)OC(=O)c2ccccc2F)cc1. The lowest BCUT2D eigenvalue weighted by Gasteiger charge is -2.14. The Morgan fingerprint density at radius 3 is 2.21 bits per heavy atom. The lowest BCUT2D eigenvalue weighted by molar-refractivity contribution is -0.123. The predicted octanol–water partition coefficient (Wildman–Crippen LogP) is 4.13. The summed E-state index contributed by atoms with van der Waals surface area (Å²) in [5.41, 5.74) is 1.57. The molecule has 126 valence electrons. The van der Waals surface area contributed by atoms with E-state index >= 15 is 0 Å². The number of anilines is 1. The maximum Gasteiger partial charge on any atom is 0.341 e. The summed E-state index contributed by atoms with van der Waals surface area (Å²) in [6.07, 6.45) is -1.04. The lowest BCUT2D eigenvalue weighted by Crippen LogP contribution is -2.30. The van der Waals surface area contributed by atoms with Gasteiger partial charge >= 0.3 is 5.97 Å². The molecule has 0 fully saturated rings. The van der Waals surface area contributed by atoms with Gasteiger partial charge in [-0.3, -0.25) is 4.79 Å². The molecule has 0 aromatic heterocycles. The summed E-state index contributed by atoms with van der Waals surface area (Å²) in [5, 5.41) is 2.67. The number of esters is 1. The predicted molar refractivity (Wildman–Crippen MR) is 90.4 cm³/mol. The van der Waals surface area contributed by atoms with Gasteiger partial charge in [-0.2, -0.15) is 0 Å². The molecule has 0 bridgehead atoms. The number of nitrogens with one attached hydrogen (secondary N) is 1. The van der Waals surface area contributed by atoms with Crippen LogP contribution in [-0.4, -0.2) is 18.0 Å². The van der Waals surface area contributed by atoms with Crippen molar-refractivity contribution in [3.05, 3.63) is 65.5 Å². The van der Waals surface area contributed by atoms with Crippen molar-refractivity contribution in [3.63, 3.8) is 0 Å². The first-order valence-electron chi connectivity index (χ1n) is 7.75. The van der Waals surface area contributed by atoms with Crippen molar-refractivity contribution < 1.29 is 18.7 Å². The van der Waals surface area contributed by atoms with Gasteiger partial charge in [-0.1, -0.05) is 38.1 Å². The summed E-state index contributed by atoms with van der Waals surface area (Å²) in [6, 6.07) is 12.9. The Morgan fingerprint density at radius 2 is 1.62 bits per heavy atom. The topological polar surface area (TPSA) is 55.4 Å². The standard InChI is InChI=1S/C19H20FNO3/c1-12(2)14-8-10-15(11-9-14)21-18(22)13(3)24-19(23)16-6-4-5-7-17(16)20/h4-13H,1-3H3,(H,21,22)/t13-/m1/s1. The summed E-state index contributed by atoms with van der Waals surface area (Å²) >= 11 is 0. The summed E-state index contributed by atoms with van der Waals surface area (Å²) in [7, 11) is 0. The molecule has 0 aliphatic carbocycles. The third-order valence-electron chi connectivity index (χ3n) is 3.59. The van der Waals surface area contributed by atoms with Gasteiger partial charge in [-0.05, 0) is 42.7 Å². The molecule has 0 saturated carbocycles. The molecular formula is C19H20FNO3. The van der Waals surface area contributed by atoms with Gasteiger partial charge in [0.25, 0.3) is 5.91 Å². The van der Waals surface area contributed by atoms with Crippen molar-refractivity contribution in [3.8, 4) is 0 Å². The van der Waals surface area contributed by atoms with Crippen LogP contribution in [0, 0.1) is 5.82 Å². The zero-order valence-corrected chi connectivity index (χ0v) is 13.9. The minimum atomic E-state index is -1.04. The van der Waals surface area contributed by atoms with E-state index in [2.05, 4.69) is 19.2 Å². The summed E-state index contributed by atoms with van der Waals surface area (Å²) in [6.45, 7) is 5.60. The maximum absolute atomic E-state index is 13.5. The average Bonchev–Trinajstić information content (AvgIpc) is 2.55. The number of amides is 1. The lowest BCUT2D eigenvalue weighted by atomic mass is 10.0. The Labute approximate surface area is 140 Å². The van der Waals surface area contributed by atoms with Crippen LogP contribution in [0.4, 0.5) is 10.1 Å². The monoisotopic (exact) mass is 329 g/mol. The number of halogens is 1. The van der Waals surface area contributed by atoms with Gasteiger partial charge in [-0.15, -0.1) is 0 Å². The smallest absolute Gasteiger partial charge is 0.341 e.